The molecule has 2 aromatic heterocycles. The van der Waals surface area contributed by atoms with Crippen LogP contribution >= 0.6 is 11.3 Å². The molecule has 0 N–H and O–H groups in total. The molecule has 0 aliphatic rings. The Hall–Kier alpha value is -1.87. The third-order valence-corrected chi connectivity index (χ3v) is 3.29. The Balaban J connectivity index is 1.81. The van der Waals surface area contributed by atoms with E-state index >= 15 is 0 Å². The first-order valence-corrected chi connectivity index (χ1v) is 6.31. The minimum absolute atomic E-state index is 0.519. The Morgan fingerprint density at radius 2 is 1.94 bits per heavy atom. The van der Waals surface area contributed by atoms with Gasteiger partial charge in [0.15, 0.2) is 5.06 Å². The molecular formula is C14H11NOS. The van der Waals surface area contributed by atoms with Gasteiger partial charge in [-0.15, -0.1) is 11.3 Å². The van der Waals surface area contributed by atoms with E-state index in [0.717, 1.165) is 21.7 Å². The molecule has 0 bridgehead atoms. The van der Waals surface area contributed by atoms with Gasteiger partial charge in [-0.3, -0.25) is 0 Å². The minimum Gasteiger partial charge on any atom is -0.478 e. The van der Waals surface area contributed by atoms with Crippen LogP contribution in [-0.2, 0) is 6.61 Å². The summed E-state index contributed by atoms with van der Waals surface area (Å²) in [4.78, 5) is 4.55. The lowest BCUT2D eigenvalue weighted by Gasteiger charge is -2.04. The molecule has 3 aromatic rings. The van der Waals surface area contributed by atoms with E-state index in [1.54, 1.807) is 11.3 Å². The second-order valence-corrected chi connectivity index (χ2v) is 4.63. The van der Waals surface area contributed by atoms with Crippen molar-refractivity contribution < 1.29 is 4.74 Å². The molecule has 0 amide bonds. The van der Waals surface area contributed by atoms with E-state index in [1.807, 2.05) is 41.8 Å². The van der Waals surface area contributed by atoms with E-state index in [1.165, 1.54) is 0 Å². The van der Waals surface area contributed by atoms with Gasteiger partial charge in [0.25, 0.3) is 0 Å². The number of hydrogen-bond acceptors (Lipinski definition) is 3. The van der Waals surface area contributed by atoms with E-state index in [0.29, 0.717) is 6.61 Å². The van der Waals surface area contributed by atoms with E-state index in [2.05, 4.69) is 17.1 Å². The second-order valence-electron chi connectivity index (χ2n) is 3.72. The molecule has 0 saturated carbocycles. The molecule has 0 radical (unpaired) electrons. The number of hydrogen-bond donors (Lipinski definition) is 0. The SMILES string of the molecule is c1csc(OCc2ccc3ccccc3n2)c1. The molecule has 3 rings (SSSR count). The molecule has 1 aromatic carbocycles. The standard InChI is InChI=1S/C14H11NOS/c1-2-5-13-11(4-1)7-8-12(15-13)10-16-14-6-3-9-17-14/h1-9H,10H2. The van der Waals surface area contributed by atoms with Crippen molar-refractivity contribution in [1.82, 2.24) is 4.98 Å². The van der Waals surface area contributed by atoms with Gasteiger partial charge in [0.05, 0.1) is 11.2 Å². The first-order chi connectivity index (χ1) is 8.42. The van der Waals surface area contributed by atoms with Crippen LogP contribution in [0.5, 0.6) is 5.06 Å². The molecule has 17 heavy (non-hydrogen) atoms. The Kier molecular flexibility index (Phi) is 2.76. The smallest absolute Gasteiger partial charge is 0.174 e. The monoisotopic (exact) mass is 241 g/mol. The molecule has 0 saturated heterocycles. The van der Waals surface area contributed by atoms with Gasteiger partial charge in [-0.2, -0.15) is 0 Å². The Morgan fingerprint density at radius 3 is 2.82 bits per heavy atom. The van der Waals surface area contributed by atoms with Crippen molar-refractivity contribution in [3.63, 3.8) is 0 Å². The molecule has 2 heterocycles. The van der Waals surface area contributed by atoms with E-state index in [-0.39, 0.29) is 0 Å². The first kappa shape index (κ1) is 10.3. The number of nitrogens with zero attached hydrogens (tertiary/aromatic N) is 1. The van der Waals surface area contributed by atoms with E-state index < -0.39 is 0 Å². The van der Waals surface area contributed by atoms with Crippen LogP contribution in [0.1, 0.15) is 5.69 Å². The number of para-hydroxylation sites is 1. The predicted octanol–water partition coefficient (Wildman–Crippen LogP) is 3.88. The average molecular weight is 241 g/mol. The third-order valence-electron chi connectivity index (χ3n) is 2.51. The van der Waals surface area contributed by atoms with Crippen LogP contribution in [0.15, 0.2) is 53.9 Å². The van der Waals surface area contributed by atoms with Gasteiger partial charge in [-0.1, -0.05) is 24.3 Å². The number of pyridine rings is 1. The lowest BCUT2D eigenvalue weighted by atomic mass is 10.2. The second kappa shape index (κ2) is 4.55. The number of aromatic nitrogens is 1. The van der Waals surface area contributed by atoms with Crippen LogP contribution in [0.2, 0.25) is 0 Å². The van der Waals surface area contributed by atoms with Crippen LogP contribution in [0, 0.1) is 0 Å². The van der Waals surface area contributed by atoms with Crippen molar-refractivity contribution in [2.45, 2.75) is 6.61 Å². The summed E-state index contributed by atoms with van der Waals surface area (Å²) in [5, 5.41) is 4.09. The molecular weight excluding hydrogens is 230 g/mol. The quantitative estimate of drug-likeness (QED) is 0.694. The van der Waals surface area contributed by atoms with Gasteiger partial charge in [-0.25, -0.2) is 4.98 Å². The number of fused-ring (bicyclic) bond motifs is 1. The summed E-state index contributed by atoms with van der Waals surface area (Å²) in [7, 11) is 0. The maximum atomic E-state index is 5.64. The average Bonchev–Trinajstić information content (AvgIpc) is 2.89. The van der Waals surface area contributed by atoms with Crippen LogP contribution in [0.3, 0.4) is 0 Å². The topological polar surface area (TPSA) is 22.1 Å². The molecule has 84 valence electrons. The Bertz CT molecular complexity index is 619. The highest BCUT2D eigenvalue weighted by Gasteiger charge is 1.99. The lowest BCUT2D eigenvalue weighted by Crippen LogP contribution is -1.96. The van der Waals surface area contributed by atoms with Crippen LogP contribution in [0.4, 0.5) is 0 Å². The van der Waals surface area contributed by atoms with Gasteiger partial charge < -0.3 is 4.74 Å². The summed E-state index contributed by atoms with van der Waals surface area (Å²) in [6.45, 7) is 0.519. The van der Waals surface area contributed by atoms with Crippen molar-refractivity contribution in [2.24, 2.45) is 0 Å². The van der Waals surface area contributed by atoms with Gasteiger partial charge in [0, 0.05) is 5.39 Å². The van der Waals surface area contributed by atoms with Gasteiger partial charge in [-0.05, 0) is 29.6 Å². The summed E-state index contributed by atoms with van der Waals surface area (Å²) in [5.41, 5.74) is 1.97. The van der Waals surface area contributed by atoms with Crippen molar-refractivity contribution in [3.8, 4) is 5.06 Å². The molecule has 0 aliphatic heterocycles. The highest BCUT2D eigenvalue weighted by Crippen LogP contribution is 2.20. The summed E-state index contributed by atoms with van der Waals surface area (Å²) in [6, 6.07) is 16.1. The zero-order chi connectivity index (χ0) is 11.5. The number of benzene rings is 1. The predicted molar refractivity (Wildman–Crippen MR) is 70.4 cm³/mol. The zero-order valence-electron chi connectivity index (χ0n) is 9.17. The maximum Gasteiger partial charge on any atom is 0.174 e. The Labute approximate surface area is 104 Å². The van der Waals surface area contributed by atoms with Gasteiger partial charge >= 0.3 is 0 Å². The summed E-state index contributed by atoms with van der Waals surface area (Å²) >= 11 is 1.60. The fraction of sp³-hybridized carbons (Fsp3) is 0.0714. The van der Waals surface area contributed by atoms with Crippen molar-refractivity contribution in [1.29, 1.82) is 0 Å². The minimum atomic E-state index is 0.519. The normalized spacial score (nSPS) is 10.6. The molecule has 2 nitrogen and oxygen atoms in total. The number of ether oxygens (including phenoxy) is 1. The first-order valence-electron chi connectivity index (χ1n) is 5.43. The fourth-order valence-electron chi connectivity index (χ4n) is 1.68. The van der Waals surface area contributed by atoms with Crippen molar-refractivity contribution >= 4 is 22.2 Å². The van der Waals surface area contributed by atoms with Crippen LogP contribution < -0.4 is 4.74 Å². The lowest BCUT2D eigenvalue weighted by molar-refractivity contribution is 0.311. The largest absolute Gasteiger partial charge is 0.478 e. The number of thiophene rings is 1. The van der Waals surface area contributed by atoms with Crippen LogP contribution in [-0.4, -0.2) is 4.98 Å². The molecule has 0 aliphatic carbocycles. The molecule has 3 heteroatoms. The summed E-state index contributed by atoms with van der Waals surface area (Å²) in [6.07, 6.45) is 0. The molecule has 0 spiro atoms. The molecule has 0 unspecified atom stereocenters. The molecule has 0 atom stereocenters. The van der Waals surface area contributed by atoms with Gasteiger partial charge in [0.2, 0.25) is 0 Å². The Morgan fingerprint density at radius 1 is 1.00 bits per heavy atom. The van der Waals surface area contributed by atoms with Crippen molar-refractivity contribution in [3.05, 3.63) is 59.6 Å². The van der Waals surface area contributed by atoms with E-state index in [4.69, 9.17) is 4.74 Å². The maximum absolute atomic E-state index is 5.64. The third kappa shape index (κ3) is 2.29. The zero-order valence-corrected chi connectivity index (χ0v) is 9.98. The van der Waals surface area contributed by atoms with Gasteiger partial charge in [0.1, 0.15) is 6.61 Å². The van der Waals surface area contributed by atoms with Crippen molar-refractivity contribution in [2.75, 3.05) is 0 Å². The summed E-state index contributed by atoms with van der Waals surface area (Å²) in [5.74, 6) is 0. The highest BCUT2D eigenvalue weighted by molar-refractivity contribution is 7.11. The fourth-order valence-corrected chi connectivity index (χ4v) is 2.25. The highest BCUT2D eigenvalue weighted by atomic mass is 32.1. The summed E-state index contributed by atoms with van der Waals surface area (Å²) < 4.78 is 5.64. The number of rotatable bonds is 3. The molecule has 0 fully saturated rings. The van der Waals surface area contributed by atoms with Crippen LogP contribution in [0.25, 0.3) is 10.9 Å². The van der Waals surface area contributed by atoms with E-state index in [9.17, 15) is 0 Å².